The molecule has 1 aromatic rings. The van der Waals surface area contributed by atoms with Gasteiger partial charge in [0.1, 0.15) is 12.4 Å². The number of benzene rings is 1. The largest absolute Gasteiger partial charge is 0.491 e. The maximum Gasteiger partial charge on any atom is 0.317 e. The predicted octanol–water partition coefficient (Wildman–Crippen LogP) is 1.54. The lowest BCUT2D eigenvalue weighted by Gasteiger charge is -2.38. The Morgan fingerprint density at radius 3 is 2.70 bits per heavy atom. The van der Waals surface area contributed by atoms with Crippen LogP contribution in [0.15, 0.2) is 24.3 Å². The van der Waals surface area contributed by atoms with Crippen LogP contribution in [0.4, 0.5) is 4.79 Å². The lowest BCUT2D eigenvalue weighted by molar-refractivity contribution is -0.181. The zero-order chi connectivity index (χ0) is 15.7. The number of nitrogens with one attached hydrogen (secondary N) is 1. The number of urea groups is 1. The summed E-state index contributed by atoms with van der Waals surface area (Å²) in [4.78, 5) is 14.3. The molecule has 0 bridgehead atoms. The molecule has 1 atom stereocenters. The molecule has 6 nitrogen and oxygen atoms in total. The van der Waals surface area contributed by atoms with Crippen molar-refractivity contribution in [2.45, 2.75) is 31.1 Å². The summed E-state index contributed by atoms with van der Waals surface area (Å²) in [5.74, 6) is 0.484. The fourth-order valence-electron chi connectivity index (χ4n) is 3.52. The highest BCUT2D eigenvalue weighted by Crippen LogP contribution is 2.31. The quantitative estimate of drug-likeness (QED) is 0.853. The van der Waals surface area contributed by atoms with Gasteiger partial charge in [-0.05, 0) is 18.1 Å². The number of carbonyl (C=O) groups excluding carboxylic acids is 1. The number of nitrogens with zero attached hydrogens (tertiary/aromatic N) is 1. The molecule has 3 aliphatic heterocycles. The van der Waals surface area contributed by atoms with Crippen LogP contribution in [0.3, 0.4) is 0 Å². The second-order valence-corrected chi connectivity index (χ2v) is 6.36. The molecule has 0 saturated carbocycles. The Morgan fingerprint density at radius 2 is 1.91 bits per heavy atom. The lowest BCUT2D eigenvalue weighted by atomic mass is 10.0. The first-order chi connectivity index (χ1) is 11.2. The number of hydrogen-bond donors (Lipinski definition) is 1. The molecule has 1 aromatic carbocycles. The van der Waals surface area contributed by atoms with Gasteiger partial charge in [0.2, 0.25) is 0 Å². The molecule has 1 N–H and O–H groups in total. The van der Waals surface area contributed by atoms with E-state index >= 15 is 0 Å². The van der Waals surface area contributed by atoms with Gasteiger partial charge in [-0.1, -0.05) is 18.2 Å². The van der Waals surface area contributed by atoms with Gasteiger partial charge in [0.05, 0.1) is 19.3 Å². The first kappa shape index (κ1) is 14.8. The Morgan fingerprint density at radius 1 is 1.17 bits per heavy atom. The number of ether oxygens (including phenoxy) is 3. The number of piperidine rings is 1. The van der Waals surface area contributed by atoms with Crippen molar-refractivity contribution in [1.82, 2.24) is 10.2 Å². The van der Waals surface area contributed by atoms with Gasteiger partial charge in [0, 0.05) is 25.9 Å². The van der Waals surface area contributed by atoms with Gasteiger partial charge in [-0.25, -0.2) is 4.79 Å². The van der Waals surface area contributed by atoms with E-state index in [9.17, 15) is 4.79 Å². The number of rotatable bonds is 1. The van der Waals surface area contributed by atoms with E-state index in [1.807, 2.05) is 29.2 Å². The van der Waals surface area contributed by atoms with E-state index in [0.717, 1.165) is 30.6 Å². The van der Waals surface area contributed by atoms with E-state index < -0.39 is 5.79 Å². The highest BCUT2D eigenvalue weighted by molar-refractivity contribution is 5.74. The third-order valence-electron chi connectivity index (χ3n) is 4.83. The summed E-state index contributed by atoms with van der Waals surface area (Å²) in [5.41, 5.74) is 1.15. The molecule has 1 unspecified atom stereocenters. The molecule has 124 valence electrons. The maximum atomic E-state index is 12.5. The van der Waals surface area contributed by atoms with Crippen LogP contribution in [0.1, 0.15) is 18.4 Å². The average molecular weight is 318 g/mol. The van der Waals surface area contributed by atoms with Gasteiger partial charge in [0.25, 0.3) is 0 Å². The second-order valence-electron chi connectivity index (χ2n) is 6.36. The predicted molar refractivity (Wildman–Crippen MR) is 83.4 cm³/mol. The van der Waals surface area contributed by atoms with E-state index in [1.54, 1.807) is 0 Å². The van der Waals surface area contributed by atoms with Crippen LogP contribution >= 0.6 is 0 Å². The zero-order valence-corrected chi connectivity index (χ0v) is 13.1. The number of amides is 2. The summed E-state index contributed by atoms with van der Waals surface area (Å²) in [5, 5.41) is 3.09. The molecule has 3 aliphatic rings. The molecule has 23 heavy (non-hydrogen) atoms. The number of para-hydroxylation sites is 1. The Balaban J connectivity index is 1.31. The zero-order valence-electron chi connectivity index (χ0n) is 13.1. The second kappa shape index (κ2) is 6.02. The Labute approximate surface area is 135 Å². The van der Waals surface area contributed by atoms with Crippen molar-refractivity contribution < 1.29 is 19.0 Å². The van der Waals surface area contributed by atoms with E-state index in [0.29, 0.717) is 32.9 Å². The van der Waals surface area contributed by atoms with Crippen LogP contribution in [0, 0.1) is 0 Å². The van der Waals surface area contributed by atoms with Gasteiger partial charge >= 0.3 is 6.03 Å². The van der Waals surface area contributed by atoms with Crippen LogP contribution in [-0.4, -0.2) is 55.7 Å². The van der Waals surface area contributed by atoms with E-state index in [-0.39, 0.29) is 12.1 Å². The van der Waals surface area contributed by atoms with E-state index in [2.05, 4.69) is 5.32 Å². The summed E-state index contributed by atoms with van der Waals surface area (Å²) < 4.78 is 17.1. The van der Waals surface area contributed by atoms with Crippen LogP contribution < -0.4 is 10.1 Å². The Kier molecular flexibility index (Phi) is 3.87. The molecule has 6 heteroatoms. The molecular weight excluding hydrogens is 296 g/mol. The Hall–Kier alpha value is -1.79. The third-order valence-corrected chi connectivity index (χ3v) is 4.83. The molecular formula is C17H22N2O4. The summed E-state index contributed by atoms with van der Waals surface area (Å²) >= 11 is 0. The number of hydrogen-bond acceptors (Lipinski definition) is 4. The van der Waals surface area contributed by atoms with Crippen molar-refractivity contribution >= 4 is 6.03 Å². The van der Waals surface area contributed by atoms with Crippen molar-refractivity contribution in [3.8, 4) is 5.75 Å². The fourth-order valence-corrected chi connectivity index (χ4v) is 3.52. The molecule has 4 rings (SSSR count). The number of fused-ring (bicyclic) bond motifs is 1. The number of likely N-dealkylation sites (tertiary alicyclic amines) is 1. The van der Waals surface area contributed by atoms with Crippen LogP contribution in [0.5, 0.6) is 5.75 Å². The van der Waals surface area contributed by atoms with E-state index in [4.69, 9.17) is 14.2 Å². The topological polar surface area (TPSA) is 60.0 Å². The normalized spacial score (nSPS) is 25.7. The highest BCUT2D eigenvalue weighted by Gasteiger charge is 2.41. The molecule has 2 fully saturated rings. The molecule has 0 radical (unpaired) electrons. The minimum Gasteiger partial charge on any atom is -0.491 e. The van der Waals surface area contributed by atoms with Gasteiger partial charge in [-0.3, -0.25) is 0 Å². The van der Waals surface area contributed by atoms with Crippen molar-refractivity contribution in [1.29, 1.82) is 0 Å². The molecule has 3 heterocycles. The third kappa shape index (κ3) is 3.01. The first-order valence-corrected chi connectivity index (χ1v) is 8.28. The molecule has 2 saturated heterocycles. The van der Waals surface area contributed by atoms with Crippen LogP contribution in [0.25, 0.3) is 0 Å². The fraction of sp³-hybridized carbons (Fsp3) is 0.588. The molecule has 1 spiro atoms. The Bertz CT molecular complexity index is 576. The minimum absolute atomic E-state index is 0.0206. The average Bonchev–Trinajstić information content (AvgIpc) is 3.03. The summed E-state index contributed by atoms with van der Waals surface area (Å²) in [6.45, 7) is 3.16. The molecule has 0 aliphatic carbocycles. The monoisotopic (exact) mass is 318 g/mol. The van der Waals surface area contributed by atoms with Gasteiger partial charge in [0.15, 0.2) is 5.79 Å². The van der Waals surface area contributed by atoms with Crippen molar-refractivity contribution in [3.05, 3.63) is 29.8 Å². The lowest BCUT2D eigenvalue weighted by Crippen LogP contribution is -2.53. The van der Waals surface area contributed by atoms with Gasteiger partial charge in [-0.15, -0.1) is 0 Å². The van der Waals surface area contributed by atoms with Crippen molar-refractivity contribution in [2.75, 3.05) is 32.9 Å². The van der Waals surface area contributed by atoms with Gasteiger partial charge in [-0.2, -0.15) is 0 Å². The summed E-state index contributed by atoms with van der Waals surface area (Å²) in [6.07, 6.45) is 2.29. The summed E-state index contributed by atoms with van der Waals surface area (Å²) in [7, 11) is 0. The van der Waals surface area contributed by atoms with Crippen LogP contribution in [0.2, 0.25) is 0 Å². The van der Waals surface area contributed by atoms with E-state index in [1.165, 1.54) is 0 Å². The molecule has 0 aromatic heterocycles. The van der Waals surface area contributed by atoms with Gasteiger partial charge < -0.3 is 24.4 Å². The standard InChI is InChI=1S/C17H22N2O4/c20-16(19-7-5-17(6-8-19)22-9-10-23-17)18-14-11-13-3-1-2-4-15(13)21-12-14/h1-4,14H,5-12H2,(H,18,20). The SMILES string of the molecule is O=C(NC1COc2ccccc2C1)N1CCC2(CC1)OCCO2. The van der Waals surface area contributed by atoms with Crippen molar-refractivity contribution in [3.63, 3.8) is 0 Å². The summed E-state index contributed by atoms with van der Waals surface area (Å²) in [6, 6.07) is 7.98. The smallest absolute Gasteiger partial charge is 0.317 e. The highest BCUT2D eigenvalue weighted by atomic mass is 16.7. The number of carbonyl (C=O) groups is 1. The minimum atomic E-state index is -0.441. The first-order valence-electron chi connectivity index (χ1n) is 8.28. The maximum absolute atomic E-state index is 12.5. The van der Waals surface area contributed by atoms with Crippen LogP contribution in [-0.2, 0) is 15.9 Å². The molecule has 2 amide bonds. The van der Waals surface area contributed by atoms with Crippen molar-refractivity contribution in [2.24, 2.45) is 0 Å².